The third-order valence-electron chi connectivity index (χ3n) is 9.91. The number of benzene rings is 7. The Morgan fingerprint density at radius 2 is 0.918 bits per heavy atom. The fourth-order valence-corrected chi connectivity index (χ4v) is 7.53. The standard InChI is InChI=1S/C46H33N3/c1-46(2)41-23-12-11-21-38(41)39-27-25-35-29-33(24-26-37(35)42(39)46)32-18-13-19-34(28-32)36-20-9-10-22-40(36)45-48-43(30-14-5-3-6-15-30)47-44(49-45)31-16-7-4-8-17-31/h3-29H,1-2H3. The first-order valence-electron chi connectivity index (χ1n) is 16.8. The SMILES string of the molecule is CC1(C)c2ccccc2-c2ccc3cc(-c4cccc(-c5ccccc5-c5nc(-c6ccccc6)nc(-c6ccccc6)n5)c4)ccc3c21. The maximum absolute atomic E-state index is 5.03. The van der Waals surface area contributed by atoms with Crippen LogP contribution in [0, 0.1) is 0 Å². The Morgan fingerprint density at radius 1 is 0.367 bits per heavy atom. The maximum atomic E-state index is 5.03. The summed E-state index contributed by atoms with van der Waals surface area (Å²) in [6.45, 7) is 4.70. The molecule has 0 N–H and O–H groups in total. The van der Waals surface area contributed by atoms with Crippen molar-refractivity contribution in [2.45, 2.75) is 19.3 Å². The third-order valence-corrected chi connectivity index (χ3v) is 9.91. The molecular formula is C46H33N3. The molecule has 3 heteroatoms. The molecule has 1 aliphatic rings. The van der Waals surface area contributed by atoms with Crippen LogP contribution in [-0.2, 0) is 5.41 Å². The van der Waals surface area contributed by atoms with Crippen LogP contribution in [0.5, 0.6) is 0 Å². The molecule has 7 aromatic carbocycles. The molecule has 9 rings (SSSR count). The van der Waals surface area contributed by atoms with Gasteiger partial charge in [0.05, 0.1) is 0 Å². The summed E-state index contributed by atoms with van der Waals surface area (Å²) in [7, 11) is 0. The van der Waals surface area contributed by atoms with Crippen LogP contribution in [0.2, 0.25) is 0 Å². The monoisotopic (exact) mass is 627 g/mol. The third kappa shape index (κ3) is 4.94. The molecule has 0 spiro atoms. The molecule has 8 aromatic rings. The van der Waals surface area contributed by atoms with E-state index in [2.05, 4.69) is 117 Å². The quantitative estimate of drug-likeness (QED) is 0.191. The molecule has 0 atom stereocenters. The van der Waals surface area contributed by atoms with Gasteiger partial charge in [0.25, 0.3) is 0 Å². The fraction of sp³-hybridized carbons (Fsp3) is 0.0652. The molecule has 0 radical (unpaired) electrons. The summed E-state index contributed by atoms with van der Waals surface area (Å²) < 4.78 is 0. The van der Waals surface area contributed by atoms with Gasteiger partial charge in [-0.25, -0.2) is 15.0 Å². The van der Waals surface area contributed by atoms with Crippen molar-refractivity contribution in [3.63, 3.8) is 0 Å². The molecular weight excluding hydrogens is 595 g/mol. The molecule has 0 saturated heterocycles. The van der Waals surface area contributed by atoms with E-state index in [1.165, 1.54) is 44.2 Å². The molecule has 0 saturated carbocycles. The first-order valence-corrected chi connectivity index (χ1v) is 16.8. The predicted molar refractivity (Wildman–Crippen MR) is 202 cm³/mol. The van der Waals surface area contributed by atoms with Gasteiger partial charge in [-0.2, -0.15) is 0 Å². The molecule has 0 amide bonds. The van der Waals surface area contributed by atoms with Crippen molar-refractivity contribution in [1.29, 1.82) is 0 Å². The van der Waals surface area contributed by atoms with E-state index in [-0.39, 0.29) is 5.41 Å². The highest BCUT2D eigenvalue weighted by Crippen LogP contribution is 2.51. The molecule has 0 fully saturated rings. The molecule has 0 unspecified atom stereocenters. The Bertz CT molecular complexity index is 2460. The van der Waals surface area contributed by atoms with Crippen molar-refractivity contribution >= 4 is 10.8 Å². The van der Waals surface area contributed by atoms with Gasteiger partial charge in [0.15, 0.2) is 17.5 Å². The average Bonchev–Trinajstić information content (AvgIpc) is 3.41. The summed E-state index contributed by atoms with van der Waals surface area (Å²) in [6, 6.07) is 57.8. The van der Waals surface area contributed by atoms with E-state index in [1.54, 1.807) is 0 Å². The van der Waals surface area contributed by atoms with Crippen LogP contribution < -0.4 is 0 Å². The summed E-state index contributed by atoms with van der Waals surface area (Å²) in [5, 5.41) is 2.58. The van der Waals surface area contributed by atoms with Crippen LogP contribution in [0.3, 0.4) is 0 Å². The summed E-state index contributed by atoms with van der Waals surface area (Å²) in [5.41, 5.74) is 12.9. The molecule has 1 aromatic heterocycles. The van der Waals surface area contributed by atoms with Crippen LogP contribution in [-0.4, -0.2) is 15.0 Å². The van der Waals surface area contributed by atoms with Gasteiger partial charge < -0.3 is 0 Å². The lowest BCUT2D eigenvalue weighted by Crippen LogP contribution is -2.15. The summed E-state index contributed by atoms with van der Waals surface area (Å²) in [4.78, 5) is 15.0. The second-order valence-electron chi connectivity index (χ2n) is 13.3. The minimum Gasteiger partial charge on any atom is -0.208 e. The Morgan fingerprint density at radius 3 is 1.63 bits per heavy atom. The number of fused-ring (bicyclic) bond motifs is 5. The largest absolute Gasteiger partial charge is 0.208 e. The molecule has 232 valence electrons. The van der Waals surface area contributed by atoms with Crippen molar-refractivity contribution in [1.82, 2.24) is 15.0 Å². The molecule has 3 nitrogen and oxygen atoms in total. The van der Waals surface area contributed by atoms with Crippen LogP contribution in [0.15, 0.2) is 164 Å². The van der Waals surface area contributed by atoms with Crippen LogP contribution in [0.4, 0.5) is 0 Å². The van der Waals surface area contributed by atoms with Gasteiger partial charge in [0.2, 0.25) is 0 Å². The summed E-state index contributed by atoms with van der Waals surface area (Å²) >= 11 is 0. The van der Waals surface area contributed by atoms with Gasteiger partial charge in [-0.3, -0.25) is 0 Å². The Kier molecular flexibility index (Phi) is 6.80. The predicted octanol–water partition coefficient (Wildman–Crippen LogP) is 11.7. The Hall–Kier alpha value is -6.19. The van der Waals surface area contributed by atoms with E-state index in [1.807, 2.05) is 60.7 Å². The van der Waals surface area contributed by atoms with Crippen LogP contribution in [0.25, 0.3) is 78.3 Å². The van der Waals surface area contributed by atoms with E-state index in [4.69, 9.17) is 15.0 Å². The zero-order valence-corrected chi connectivity index (χ0v) is 27.4. The number of aromatic nitrogens is 3. The van der Waals surface area contributed by atoms with E-state index < -0.39 is 0 Å². The highest BCUT2D eigenvalue weighted by atomic mass is 15.0. The molecule has 49 heavy (non-hydrogen) atoms. The highest BCUT2D eigenvalue weighted by Gasteiger charge is 2.36. The first kappa shape index (κ1) is 29.0. The van der Waals surface area contributed by atoms with E-state index >= 15 is 0 Å². The molecule has 0 aliphatic heterocycles. The molecule has 0 bridgehead atoms. The van der Waals surface area contributed by atoms with Crippen molar-refractivity contribution < 1.29 is 0 Å². The van der Waals surface area contributed by atoms with Crippen molar-refractivity contribution in [3.8, 4) is 67.5 Å². The van der Waals surface area contributed by atoms with Crippen molar-refractivity contribution in [3.05, 3.63) is 175 Å². The van der Waals surface area contributed by atoms with Gasteiger partial charge in [0, 0.05) is 22.1 Å². The van der Waals surface area contributed by atoms with Gasteiger partial charge in [-0.1, -0.05) is 166 Å². The van der Waals surface area contributed by atoms with Gasteiger partial charge in [0.1, 0.15) is 0 Å². The van der Waals surface area contributed by atoms with E-state index in [0.717, 1.165) is 27.8 Å². The maximum Gasteiger partial charge on any atom is 0.164 e. The number of hydrogen-bond donors (Lipinski definition) is 0. The first-order chi connectivity index (χ1) is 24.0. The molecule has 1 aliphatic carbocycles. The second kappa shape index (κ2) is 11.5. The summed E-state index contributed by atoms with van der Waals surface area (Å²) in [6.07, 6.45) is 0. The van der Waals surface area contributed by atoms with E-state index in [0.29, 0.717) is 17.5 Å². The van der Waals surface area contributed by atoms with E-state index in [9.17, 15) is 0 Å². The lowest BCUT2D eigenvalue weighted by atomic mass is 9.80. The normalized spacial score (nSPS) is 12.9. The van der Waals surface area contributed by atoms with Crippen molar-refractivity contribution in [2.24, 2.45) is 0 Å². The zero-order valence-electron chi connectivity index (χ0n) is 27.4. The minimum atomic E-state index is -0.0492. The average molecular weight is 628 g/mol. The fourth-order valence-electron chi connectivity index (χ4n) is 7.53. The lowest BCUT2D eigenvalue weighted by molar-refractivity contribution is 0.666. The number of hydrogen-bond acceptors (Lipinski definition) is 3. The van der Waals surface area contributed by atoms with Crippen LogP contribution in [0.1, 0.15) is 25.0 Å². The number of rotatable bonds is 5. The zero-order chi connectivity index (χ0) is 33.0. The van der Waals surface area contributed by atoms with Crippen LogP contribution >= 0.6 is 0 Å². The smallest absolute Gasteiger partial charge is 0.164 e. The lowest BCUT2D eigenvalue weighted by Gasteiger charge is -2.23. The van der Waals surface area contributed by atoms with Gasteiger partial charge >= 0.3 is 0 Å². The van der Waals surface area contributed by atoms with Crippen molar-refractivity contribution in [2.75, 3.05) is 0 Å². The highest BCUT2D eigenvalue weighted by molar-refractivity contribution is 5.99. The van der Waals surface area contributed by atoms with Gasteiger partial charge in [-0.05, 0) is 67.4 Å². The summed E-state index contributed by atoms with van der Waals surface area (Å²) in [5.74, 6) is 1.96. The Labute approximate surface area is 286 Å². The second-order valence-corrected chi connectivity index (χ2v) is 13.3. The van der Waals surface area contributed by atoms with Gasteiger partial charge in [-0.15, -0.1) is 0 Å². The minimum absolute atomic E-state index is 0.0492. The number of nitrogens with zero attached hydrogens (tertiary/aromatic N) is 3. The Balaban J connectivity index is 1.14. The topological polar surface area (TPSA) is 38.7 Å². The molecule has 1 heterocycles.